The van der Waals surface area contributed by atoms with E-state index in [0.29, 0.717) is 12.8 Å². The first-order valence-corrected chi connectivity index (χ1v) is 5.33. The van der Waals surface area contributed by atoms with E-state index in [-0.39, 0.29) is 16.5 Å². The van der Waals surface area contributed by atoms with Crippen molar-refractivity contribution >= 4 is 11.9 Å². The summed E-state index contributed by atoms with van der Waals surface area (Å²) in [5, 5.41) is 16.4. The van der Waals surface area contributed by atoms with Crippen LogP contribution in [0.15, 0.2) is 0 Å². The third kappa shape index (κ3) is 15.4. The van der Waals surface area contributed by atoms with Crippen LogP contribution in [0.4, 0.5) is 0 Å². The maximum absolute atomic E-state index is 9.96. The van der Waals surface area contributed by atoms with Crippen LogP contribution in [0, 0.1) is 0 Å². The van der Waals surface area contributed by atoms with Crippen LogP contribution in [-0.2, 0) is 26.1 Å². The molecule has 106 valence electrons. The molecule has 0 aliphatic carbocycles. The van der Waals surface area contributed by atoms with Crippen molar-refractivity contribution in [3.05, 3.63) is 0 Å². The molecule has 0 aliphatic rings. The fourth-order valence-corrected chi connectivity index (χ4v) is 0.869. The Kier molecular flexibility index (Phi) is 17.1. The minimum Gasteiger partial charge on any atom is -0.480 e. The summed E-state index contributed by atoms with van der Waals surface area (Å²) in [4.78, 5) is 19.9. The molecule has 17 heavy (non-hydrogen) atoms. The van der Waals surface area contributed by atoms with Crippen LogP contribution in [0.5, 0.6) is 0 Å². The zero-order valence-corrected chi connectivity index (χ0v) is 11.2. The summed E-state index contributed by atoms with van der Waals surface area (Å²) in [6, 6.07) is -1.33. The van der Waals surface area contributed by atoms with Crippen molar-refractivity contribution in [1.82, 2.24) is 0 Å². The van der Waals surface area contributed by atoms with Gasteiger partial charge in [-0.3, -0.25) is 9.59 Å². The standard InChI is InChI=1S/2C5H11NO2.Ni/c2*1-2-3-4(6)5(7)8;/h2*4H,2-3,6H2,1H3,(H,7,8);/t2*4-;/m00./s1. The van der Waals surface area contributed by atoms with Gasteiger partial charge in [-0.05, 0) is 12.8 Å². The van der Waals surface area contributed by atoms with Crippen LogP contribution in [0.3, 0.4) is 0 Å². The van der Waals surface area contributed by atoms with Crippen molar-refractivity contribution in [3.8, 4) is 0 Å². The molecule has 6 N–H and O–H groups in total. The van der Waals surface area contributed by atoms with E-state index in [2.05, 4.69) is 0 Å². The van der Waals surface area contributed by atoms with Crippen molar-refractivity contribution in [2.24, 2.45) is 11.5 Å². The monoisotopic (exact) mass is 292 g/mol. The summed E-state index contributed by atoms with van der Waals surface area (Å²) in [7, 11) is 0. The number of aliphatic carboxylic acids is 2. The maximum atomic E-state index is 9.96. The van der Waals surface area contributed by atoms with Crippen molar-refractivity contribution in [1.29, 1.82) is 0 Å². The van der Waals surface area contributed by atoms with Crippen LogP contribution in [0.25, 0.3) is 0 Å². The Bertz CT molecular complexity index is 192. The topological polar surface area (TPSA) is 127 Å². The van der Waals surface area contributed by atoms with E-state index in [0.717, 1.165) is 12.8 Å². The van der Waals surface area contributed by atoms with Gasteiger partial charge in [-0.2, -0.15) is 0 Å². The molecule has 2 atom stereocenters. The Balaban J connectivity index is -0.000000218. The van der Waals surface area contributed by atoms with Crippen LogP contribution in [0.1, 0.15) is 39.5 Å². The summed E-state index contributed by atoms with van der Waals surface area (Å²) in [5.41, 5.74) is 10.3. The Morgan fingerprint density at radius 1 is 0.941 bits per heavy atom. The van der Waals surface area contributed by atoms with E-state index in [4.69, 9.17) is 21.7 Å². The van der Waals surface area contributed by atoms with Crippen LogP contribution >= 0.6 is 0 Å². The van der Waals surface area contributed by atoms with Gasteiger partial charge in [0, 0.05) is 16.5 Å². The molecular weight excluding hydrogens is 271 g/mol. The summed E-state index contributed by atoms with van der Waals surface area (Å²) < 4.78 is 0. The molecule has 0 saturated carbocycles. The van der Waals surface area contributed by atoms with Gasteiger partial charge in [-0.1, -0.05) is 26.7 Å². The normalized spacial score (nSPS) is 12.5. The third-order valence-electron chi connectivity index (χ3n) is 1.83. The average Bonchev–Trinajstić information content (AvgIpc) is 2.19. The number of hydrogen-bond donors (Lipinski definition) is 4. The van der Waals surface area contributed by atoms with Gasteiger partial charge in [0.05, 0.1) is 0 Å². The summed E-state index contributed by atoms with van der Waals surface area (Å²) >= 11 is 0. The third-order valence-corrected chi connectivity index (χ3v) is 1.83. The number of nitrogens with two attached hydrogens (primary N) is 2. The van der Waals surface area contributed by atoms with Gasteiger partial charge in [0.15, 0.2) is 0 Å². The fraction of sp³-hybridized carbons (Fsp3) is 0.800. The summed E-state index contributed by atoms with van der Waals surface area (Å²) in [6.45, 7) is 3.81. The van der Waals surface area contributed by atoms with E-state index in [1.807, 2.05) is 13.8 Å². The Morgan fingerprint density at radius 2 is 1.18 bits per heavy atom. The van der Waals surface area contributed by atoms with Crippen LogP contribution in [0.2, 0.25) is 0 Å². The van der Waals surface area contributed by atoms with E-state index >= 15 is 0 Å². The second-order valence-electron chi connectivity index (χ2n) is 3.47. The van der Waals surface area contributed by atoms with Crippen LogP contribution in [-0.4, -0.2) is 34.2 Å². The molecule has 0 spiro atoms. The van der Waals surface area contributed by atoms with Crippen molar-refractivity contribution in [3.63, 3.8) is 0 Å². The smallest absolute Gasteiger partial charge is 0.320 e. The molecule has 0 fully saturated rings. The number of carboxylic acids is 2. The second kappa shape index (κ2) is 13.4. The van der Waals surface area contributed by atoms with Gasteiger partial charge < -0.3 is 21.7 Å². The van der Waals surface area contributed by atoms with E-state index in [1.165, 1.54) is 0 Å². The predicted octanol–water partition coefficient (Wildman–Crippen LogP) is 0.394. The van der Waals surface area contributed by atoms with E-state index in [9.17, 15) is 9.59 Å². The Morgan fingerprint density at radius 3 is 1.24 bits per heavy atom. The number of hydrogen-bond acceptors (Lipinski definition) is 4. The molecule has 0 aromatic rings. The molecule has 0 unspecified atom stereocenters. The molecular formula is C10H22N2NiO4. The van der Waals surface area contributed by atoms with Gasteiger partial charge in [-0.15, -0.1) is 0 Å². The van der Waals surface area contributed by atoms with Crippen molar-refractivity contribution in [2.75, 3.05) is 0 Å². The summed E-state index contributed by atoms with van der Waals surface area (Å²) in [6.07, 6.45) is 2.78. The van der Waals surface area contributed by atoms with E-state index in [1.54, 1.807) is 0 Å². The summed E-state index contributed by atoms with van der Waals surface area (Å²) in [5.74, 6) is -1.82. The first-order valence-electron chi connectivity index (χ1n) is 5.33. The Hall–Kier alpha value is -0.646. The zero-order chi connectivity index (χ0) is 13.1. The first kappa shape index (κ1) is 21.6. The van der Waals surface area contributed by atoms with Gasteiger partial charge >= 0.3 is 11.9 Å². The molecule has 0 saturated heterocycles. The molecule has 0 aromatic carbocycles. The fourth-order valence-electron chi connectivity index (χ4n) is 0.869. The molecule has 0 bridgehead atoms. The molecule has 0 amide bonds. The van der Waals surface area contributed by atoms with Crippen molar-refractivity contribution < 1.29 is 36.3 Å². The van der Waals surface area contributed by atoms with Crippen LogP contribution < -0.4 is 11.5 Å². The zero-order valence-electron chi connectivity index (χ0n) is 10.2. The largest absolute Gasteiger partial charge is 0.480 e. The first-order chi connectivity index (χ1) is 7.36. The van der Waals surface area contributed by atoms with Gasteiger partial charge in [0.1, 0.15) is 12.1 Å². The second-order valence-corrected chi connectivity index (χ2v) is 3.47. The van der Waals surface area contributed by atoms with Crippen molar-refractivity contribution in [2.45, 2.75) is 51.6 Å². The SMILES string of the molecule is CCC[C@H](N)C(=O)O.CCC[C@H](N)C(=O)O.[Ni]. The molecule has 6 nitrogen and oxygen atoms in total. The van der Waals surface area contributed by atoms with Gasteiger partial charge in [0.2, 0.25) is 0 Å². The molecule has 7 heteroatoms. The van der Waals surface area contributed by atoms with Gasteiger partial charge in [-0.25, -0.2) is 0 Å². The number of carbonyl (C=O) groups is 2. The molecule has 0 aromatic heterocycles. The molecule has 0 aliphatic heterocycles. The minimum absolute atomic E-state index is 0. The number of rotatable bonds is 6. The maximum Gasteiger partial charge on any atom is 0.320 e. The number of carboxylic acid groups (broad SMARTS) is 2. The molecule has 0 rings (SSSR count). The molecule has 0 radical (unpaired) electrons. The average molecular weight is 293 g/mol. The predicted molar refractivity (Wildman–Crippen MR) is 61.0 cm³/mol. The van der Waals surface area contributed by atoms with E-state index < -0.39 is 24.0 Å². The minimum atomic E-state index is -0.910. The Labute approximate surface area is 112 Å². The molecule has 0 heterocycles. The quantitative estimate of drug-likeness (QED) is 0.525. The van der Waals surface area contributed by atoms with Gasteiger partial charge in [0.25, 0.3) is 0 Å².